The zero-order chi connectivity index (χ0) is 14.3. The normalized spacial score (nSPS) is 20.1. The molecule has 1 aliphatic heterocycles. The SMILES string of the molecule is CCC(C)(C)Cc1ncc2n1CCC(C)(C)N(C)C2. The Morgan fingerprint density at radius 2 is 2.05 bits per heavy atom. The quantitative estimate of drug-likeness (QED) is 0.832. The highest BCUT2D eigenvalue weighted by molar-refractivity contribution is 5.10. The van der Waals surface area contributed by atoms with Crippen molar-refractivity contribution in [2.75, 3.05) is 7.05 Å². The zero-order valence-electron chi connectivity index (χ0n) is 13.5. The summed E-state index contributed by atoms with van der Waals surface area (Å²) in [5.41, 5.74) is 1.99. The van der Waals surface area contributed by atoms with Crippen molar-refractivity contribution in [2.24, 2.45) is 5.41 Å². The molecule has 0 unspecified atom stereocenters. The van der Waals surface area contributed by atoms with Gasteiger partial charge in [0.25, 0.3) is 0 Å². The Kier molecular flexibility index (Phi) is 3.78. The van der Waals surface area contributed by atoms with Crippen molar-refractivity contribution < 1.29 is 0 Å². The fourth-order valence-corrected chi connectivity index (χ4v) is 2.58. The molecule has 0 spiro atoms. The maximum absolute atomic E-state index is 4.69. The summed E-state index contributed by atoms with van der Waals surface area (Å²) in [6.07, 6.45) is 5.54. The van der Waals surface area contributed by atoms with Crippen LogP contribution in [0.5, 0.6) is 0 Å². The van der Waals surface area contributed by atoms with Crippen molar-refractivity contribution in [3.05, 3.63) is 17.7 Å². The minimum Gasteiger partial charge on any atom is -0.331 e. The number of hydrogen-bond donors (Lipinski definition) is 0. The van der Waals surface area contributed by atoms with Gasteiger partial charge in [0.15, 0.2) is 0 Å². The van der Waals surface area contributed by atoms with E-state index in [0.29, 0.717) is 5.41 Å². The van der Waals surface area contributed by atoms with Crippen LogP contribution in [0.25, 0.3) is 0 Å². The third-order valence-corrected chi connectivity index (χ3v) is 4.99. The molecule has 0 radical (unpaired) electrons. The third kappa shape index (κ3) is 3.02. The van der Waals surface area contributed by atoms with E-state index in [1.165, 1.54) is 24.4 Å². The molecule has 0 aliphatic carbocycles. The first-order chi connectivity index (χ1) is 8.75. The van der Waals surface area contributed by atoms with Gasteiger partial charge in [-0.2, -0.15) is 0 Å². The topological polar surface area (TPSA) is 21.1 Å². The van der Waals surface area contributed by atoms with E-state index >= 15 is 0 Å². The molecule has 3 heteroatoms. The first-order valence-electron chi connectivity index (χ1n) is 7.50. The van der Waals surface area contributed by atoms with E-state index in [2.05, 4.69) is 57.3 Å². The zero-order valence-corrected chi connectivity index (χ0v) is 13.5. The molecule has 108 valence electrons. The molecular weight excluding hydrogens is 234 g/mol. The largest absolute Gasteiger partial charge is 0.331 e. The molecule has 1 aromatic rings. The Balaban J connectivity index is 2.25. The van der Waals surface area contributed by atoms with Crippen LogP contribution in [0.4, 0.5) is 0 Å². The number of imidazole rings is 1. The van der Waals surface area contributed by atoms with Crippen LogP contribution < -0.4 is 0 Å². The lowest BCUT2D eigenvalue weighted by molar-refractivity contribution is 0.144. The van der Waals surface area contributed by atoms with Crippen LogP contribution in [-0.4, -0.2) is 27.0 Å². The molecule has 0 bridgehead atoms. The van der Waals surface area contributed by atoms with Crippen LogP contribution in [0, 0.1) is 5.41 Å². The molecule has 0 atom stereocenters. The van der Waals surface area contributed by atoms with Crippen molar-refractivity contribution in [3.63, 3.8) is 0 Å². The molecule has 3 nitrogen and oxygen atoms in total. The highest BCUT2D eigenvalue weighted by Gasteiger charge is 2.29. The van der Waals surface area contributed by atoms with Crippen LogP contribution in [0.3, 0.4) is 0 Å². The van der Waals surface area contributed by atoms with Gasteiger partial charge in [-0.25, -0.2) is 4.98 Å². The van der Waals surface area contributed by atoms with Crippen molar-refractivity contribution >= 4 is 0 Å². The lowest BCUT2D eigenvalue weighted by Gasteiger charge is -2.33. The van der Waals surface area contributed by atoms with Gasteiger partial charge in [-0.15, -0.1) is 0 Å². The van der Waals surface area contributed by atoms with E-state index in [1.54, 1.807) is 0 Å². The Hall–Kier alpha value is -0.830. The van der Waals surface area contributed by atoms with Crippen molar-refractivity contribution in [2.45, 2.75) is 72.5 Å². The predicted octanol–water partition coefficient (Wildman–Crippen LogP) is 3.48. The van der Waals surface area contributed by atoms with E-state index in [-0.39, 0.29) is 5.54 Å². The summed E-state index contributed by atoms with van der Waals surface area (Å²) in [4.78, 5) is 7.14. The van der Waals surface area contributed by atoms with Crippen LogP contribution >= 0.6 is 0 Å². The minimum absolute atomic E-state index is 0.274. The molecule has 0 N–H and O–H groups in total. The fourth-order valence-electron chi connectivity index (χ4n) is 2.58. The Morgan fingerprint density at radius 1 is 1.37 bits per heavy atom. The lowest BCUT2D eigenvalue weighted by atomic mass is 9.86. The molecule has 19 heavy (non-hydrogen) atoms. The second-order valence-electron chi connectivity index (χ2n) is 7.43. The molecule has 2 heterocycles. The van der Waals surface area contributed by atoms with Crippen molar-refractivity contribution in [1.82, 2.24) is 14.5 Å². The second kappa shape index (κ2) is 4.93. The smallest absolute Gasteiger partial charge is 0.109 e. The van der Waals surface area contributed by atoms with Crippen LogP contribution in [-0.2, 0) is 19.5 Å². The summed E-state index contributed by atoms with van der Waals surface area (Å²) < 4.78 is 2.46. The molecule has 1 aliphatic rings. The van der Waals surface area contributed by atoms with Gasteiger partial charge in [-0.3, -0.25) is 4.90 Å². The standard InChI is InChI=1S/C16H29N3/c1-7-15(2,3)10-14-17-11-13-12-18(6)16(4,5)8-9-19(13)14/h11H,7-10,12H2,1-6H3. The number of rotatable bonds is 3. The van der Waals surface area contributed by atoms with Gasteiger partial charge in [0, 0.05) is 31.2 Å². The maximum atomic E-state index is 4.69. The Bertz CT molecular complexity index is 443. The third-order valence-electron chi connectivity index (χ3n) is 4.99. The first-order valence-corrected chi connectivity index (χ1v) is 7.50. The van der Waals surface area contributed by atoms with E-state index in [9.17, 15) is 0 Å². The second-order valence-corrected chi connectivity index (χ2v) is 7.43. The Labute approximate surface area is 118 Å². The average Bonchev–Trinajstić information content (AvgIpc) is 2.63. The van der Waals surface area contributed by atoms with Gasteiger partial charge in [0.2, 0.25) is 0 Å². The molecule has 0 saturated carbocycles. The summed E-state index contributed by atoms with van der Waals surface area (Å²) in [5, 5.41) is 0. The first kappa shape index (κ1) is 14.6. The molecule has 0 fully saturated rings. The van der Waals surface area contributed by atoms with E-state index in [4.69, 9.17) is 4.98 Å². The summed E-state index contributed by atoms with van der Waals surface area (Å²) in [5.74, 6) is 1.27. The van der Waals surface area contributed by atoms with Crippen molar-refractivity contribution in [3.8, 4) is 0 Å². The molecule has 0 amide bonds. The lowest BCUT2D eigenvalue weighted by Crippen LogP contribution is -2.39. The summed E-state index contributed by atoms with van der Waals surface area (Å²) in [6.45, 7) is 13.7. The summed E-state index contributed by atoms with van der Waals surface area (Å²) >= 11 is 0. The summed E-state index contributed by atoms with van der Waals surface area (Å²) in [6, 6.07) is 0. The monoisotopic (exact) mass is 263 g/mol. The highest BCUT2D eigenvalue weighted by atomic mass is 15.2. The number of fused-ring (bicyclic) bond motifs is 1. The van der Waals surface area contributed by atoms with Crippen LogP contribution in [0.2, 0.25) is 0 Å². The predicted molar refractivity (Wildman–Crippen MR) is 80.2 cm³/mol. The average molecular weight is 263 g/mol. The number of aromatic nitrogens is 2. The number of hydrogen-bond acceptors (Lipinski definition) is 2. The van der Waals surface area contributed by atoms with Gasteiger partial charge < -0.3 is 4.57 Å². The van der Waals surface area contributed by atoms with Crippen LogP contribution in [0.15, 0.2) is 6.20 Å². The summed E-state index contributed by atoms with van der Waals surface area (Å²) in [7, 11) is 2.22. The molecular formula is C16H29N3. The van der Waals surface area contributed by atoms with Crippen molar-refractivity contribution in [1.29, 1.82) is 0 Å². The van der Waals surface area contributed by atoms with E-state index < -0.39 is 0 Å². The number of nitrogens with zero attached hydrogens (tertiary/aromatic N) is 3. The molecule has 0 aromatic carbocycles. The van der Waals surface area contributed by atoms with E-state index in [0.717, 1.165) is 19.5 Å². The van der Waals surface area contributed by atoms with Gasteiger partial charge in [-0.05, 0) is 32.7 Å². The molecule has 0 saturated heterocycles. The highest BCUT2D eigenvalue weighted by Crippen LogP contribution is 2.29. The minimum atomic E-state index is 0.274. The van der Waals surface area contributed by atoms with Crippen LogP contribution in [0.1, 0.15) is 59.0 Å². The van der Waals surface area contributed by atoms with Gasteiger partial charge in [0.05, 0.1) is 5.69 Å². The van der Waals surface area contributed by atoms with Gasteiger partial charge in [-0.1, -0.05) is 27.2 Å². The van der Waals surface area contributed by atoms with Gasteiger partial charge in [0.1, 0.15) is 5.82 Å². The maximum Gasteiger partial charge on any atom is 0.109 e. The fraction of sp³-hybridized carbons (Fsp3) is 0.812. The Morgan fingerprint density at radius 3 is 2.68 bits per heavy atom. The molecule has 1 aromatic heterocycles. The molecule has 2 rings (SSSR count). The van der Waals surface area contributed by atoms with E-state index in [1.807, 2.05) is 0 Å². The van der Waals surface area contributed by atoms with Gasteiger partial charge >= 0.3 is 0 Å².